The van der Waals surface area contributed by atoms with Crippen molar-refractivity contribution in [1.82, 2.24) is 0 Å². The molecule has 0 spiro atoms. The van der Waals surface area contributed by atoms with Gasteiger partial charge in [-0.1, -0.05) is 63.7 Å². The van der Waals surface area contributed by atoms with Gasteiger partial charge in [0, 0.05) is 10.7 Å². The summed E-state index contributed by atoms with van der Waals surface area (Å²) in [7, 11) is 0. The van der Waals surface area contributed by atoms with Crippen LogP contribution in [-0.4, -0.2) is 33.5 Å². The molecule has 0 radical (unpaired) electrons. The van der Waals surface area contributed by atoms with Crippen LogP contribution in [0.3, 0.4) is 0 Å². The van der Waals surface area contributed by atoms with E-state index in [-0.39, 0.29) is 9.65 Å². The van der Waals surface area contributed by atoms with Crippen LogP contribution in [0.4, 0.5) is 0 Å². The summed E-state index contributed by atoms with van der Waals surface area (Å²) in [4.78, 5) is 0.540. The molecule has 0 heterocycles. The molecule has 0 amide bonds. The van der Waals surface area contributed by atoms with E-state index >= 15 is 0 Å². The fourth-order valence-corrected chi connectivity index (χ4v) is 6.38. The van der Waals surface area contributed by atoms with Crippen LogP contribution in [-0.2, 0) is 12.8 Å². The number of ether oxygens (including phenoxy) is 2. The molecule has 172 valence electrons. The van der Waals surface area contributed by atoms with Crippen LogP contribution >= 0.6 is 127 Å². The van der Waals surface area contributed by atoms with Crippen molar-refractivity contribution in [2.45, 2.75) is 28.9 Å². The summed E-state index contributed by atoms with van der Waals surface area (Å²) in [6, 6.07) is 8.56. The highest BCUT2D eigenvalue weighted by Crippen LogP contribution is 2.37. The second-order valence-electron chi connectivity index (χ2n) is 6.76. The van der Waals surface area contributed by atoms with Gasteiger partial charge in [-0.05, 0) is 118 Å². The van der Waals surface area contributed by atoms with Crippen LogP contribution in [0.25, 0.3) is 0 Å². The van der Waals surface area contributed by atoms with Gasteiger partial charge in [0.2, 0.25) is 0 Å². The van der Waals surface area contributed by atoms with E-state index in [4.69, 9.17) is 9.47 Å². The molecule has 0 bridgehead atoms. The topological polar surface area (TPSA) is 18.5 Å². The maximum Gasteiger partial charge on any atom is 0.147 e. The summed E-state index contributed by atoms with van der Waals surface area (Å²) in [5.74, 6) is 1.67. The van der Waals surface area contributed by atoms with Gasteiger partial charge in [-0.2, -0.15) is 0 Å². The van der Waals surface area contributed by atoms with Crippen molar-refractivity contribution in [3.05, 3.63) is 53.3 Å². The lowest BCUT2D eigenvalue weighted by Gasteiger charge is -2.15. The lowest BCUT2D eigenvalue weighted by Crippen LogP contribution is -2.13. The van der Waals surface area contributed by atoms with Crippen molar-refractivity contribution in [1.29, 1.82) is 0 Å². The third kappa shape index (κ3) is 9.80. The number of aryl methyl sites for hydroxylation is 2. The minimum absolute atomic E-state index is 0.270. The summed E-state index contributed by atoms with van der Waals surface area (Å²) in [5.41, 5.74) is 2.52. The lowest BCUT2D eigenvalue weighted by molar-refractivity contribution is 0.321. The fraction of sp³-hybridized carbons (Fsp3) is 0.429. The van der Waals surface area contributed by atoms with Crippen molar-refractivity contribution >= 4 is 127 Å². The average molecular weight is 944 g/mol. The van der Waals surface area contributed by atoms with E-state index in [2.05, 4.69) is 152 Å². The Hall–Kier alpha value is 1.88. The molecule has 2 rings (SSSR count). The van der Waals surface area contributed by atoms with Gasteiger partial charge in [-0.3, -0.25) is 0 Å². The molecule has 0 aromatic heterocycles. The zero-order valence-electron chi connectivity index (χ0n) is 16.3. The Labute approximate surface area is 251 Å². The molecule has 2 aromatic rings. The maximum atomic E-state index is 5.93. The van der Waals surface area contributed by atoms with E-state index in [0.717, 1.165) is 59.3 Å². The molecule has 31 heavy (non-hydrogen) atoms. The largest absolute Gasteiger partial charge is 0.490 e. The predicted molar refractivity (Wildman–Crippen MR) is 160 cm³/mol. The monoisotopic (exact) mass is 935 g/mol. The molecule has 2 atom stereocenters. The first-order valence-corrected chi connectivity index (χ1v) is 16.6. The minimum Gasteiger partial charge on any atom is -0.490 e. The highest BCUT2D eigenvalue weighted by atomic mass is 79.9. The van der Waals surface area contributed by atoms with E-state index in [9.17, 15) is 0 Å². The van der Waals surface area contributed by atoms with Gasteiger partial charge in [0.25, 0.3) is 0 Å². The summed E-state index contributed by atoms with van der Waals surface area (Å²) in [5, 5.41) is 1.68. The quantitative estimate of drug-likeness (QED) is 0.198. The molecule has 2 unspecified atom stereocenters. The third-order valence-corrected chi connectivity index (χ3v) is 11.0. The van der Waals surface area contributed by atoms with E-state index in [0.29, 0.717) is 13.2 Å². The average Bonchev–Trinajstić information content (AvgIpc) is 2.72. The molecule has 0 fully saturated rings. The highest BCUT2D eigenvalue weighted by Gasteiger charge is 2.13. The van der Waals surface area contributed by atoms with Gasteiger partial charge in [-0.25, -0.2) is 0 Å². The van der Waals surface area contributed by atoms with Gasteiger partial charge in [-0.15, -0.1) is 0 Å². The smallest absolute Gasteiger partial charge is 0.147 e. The van der Waals surface area contributed by atoms with Gasteiger partial charge in [0.15, 0.2) is 0 Å². The summed E-state index contributed by atoms with van der Waals surface area (Å²) >= 11 is 28.6. The summed E-state index contributed by atoms with van der Waals surface area (Å²) < 4.78 is 15.7. The van der Waals surface area contributed by atoms with E-state index in [1.807, 2.05) is 0 Å². The Morgan fingerprint density at radius 3 is 1.23 bits per heavy atom. The Bertz CT molecular complexity index is 746. The van der Waals surface area contributed by atoms with Crippen LogP contribution in [0, 0.1) is 0 Å². The molecule has 0 aliphatic rings. The van der Waals surface area contributed by atoms with Crippen molar-refractivity contribution < 1.29 is 9.47 Å². The standard InChI is InChI=1S/C21H20Br8O2/c22-8-14(24)10-30-20-16(26)4-12(5-17(20)27)2-1-3-13-6-18(28)21(19(29)7-13)31-11-15(25)9-23/h4-7,14-15H,1-3,8-11H2. The number of halogens is 8. The van der Waals surface area contributed by atoms with Crippen molar-refractivity contribution in [3.8, 4) is 11.5 Å². The van der Waals surface area contributed by atoms with Crippen molar-refractivity contribution in [3.63, 3.8) is 0 Å². The SMILES string of the molecule is BrCC(Br)COc1c(Br)cc(CCCc2cc(Br)c(OCC(Br)CBr)c(Br)c2)cc1Br. The van der Waals surface area contributed by atoms with Gasteiger partial charge in [0.1, 0.15) is 24.7 Å². The third-order valence-electron chi connectivity index (χ3n) is 4.20. The zero-order chi connectivity index (χ0) is 23.0. The molecule has 0 saturated heterocycles. The first-order valence-electron chi connectivity index (χ1n) is 9.36. The van der Waals surface area contributed by atoms with Gasteiger partial charge in [0.05, 0.1) is 27.5 Å². The normalized spacial score (nSPS) is 13.2. The molecule has 2 nitrogen and oxygen atoms in total. The van der Waals surface area contributed by atoms with Crippen molar-refractivity contribution in [2.24, 2.45) is 0 Å². The highest BCUT2D eigenvalue weighted by molar-refractivity contribution is 9.12. The maximum absolute atomic E-state index is 5.93. The number of alkyl halides is 4. The molecule has 0 aliphatic carbocycles. The fourth-order valence-electron chi connectivity index (χ4n) is 2.72. The Balaban J connectivity index is 1.95. The second-order valence-corrected chi connectivity index (χ2v) is 14.1. The first kappa shape index (κ1) is 29.1. The second kappa shape index (κ2) is 15.1. The molecule has 2 aromatic carbocycles. The Morgan fingerprint density at radius 2 is 0.935 bits per heavy atom. The lowest BCUT2D eigenvalue weighted by atomic mass is 10.0. The van der Waals surface area contributed by atoms with E-state index in [1.165, 1.54) is 11.1 Å². The van der Waals surface area contributed by atoms with Crippen LogP contribution in [0.5, 0.6) is 11.5 Å². The van der Waals surface area contributed by atoms with Crippen LogP contribution in [0.15, 0.2) is 42.2 Å². The minimum atomic E-state index is 0.270. The predicted octanol–water partition coefficient (Wildman–Crippen LogP) is 9.99. The molecule has 0 saturated carbocycles. The number of benzene rings is 2. The van der Waals surface area contributed by atoms with E-state index in [1.54, 1.807) is 0 Å². The van der Waals surface area contributed by atoms with Crippen LogP contribution < -0.4 is 9.47 Å². The van der Waals surface area contributed by atoms with Crippen LogP contribution in [0.2, 0.25) is 0 Å². The molecule has 0 N–H and O–H groups in total. The van der Waals surface area contributed by atoms with E-state index < -0.39 is 0 Å². The Kier molecular flexibility index (Phi) is 14.2. The number of rotatable bonds is 12. The number of hydrogen-bond donors (Lipinski definition) is 0. The van der Waals surface area contributed by atoms with Crippen molar-refractivity contribution in [2.75, 3.05) is 23.9 Å². The van der Waals surface area contributed by atoms with Crippen LogP contribution in [0.1, 0.15) is 17.5 Å². The van der Waals surface area contributed by atoms with Gasteiger partial charge < -0.3 is 9.47 Å². The first-order chi connectivity index (χ1) is 14.7. The summed E-state index contributed by atoms with van der Waals surface area (Å²) in [6.45, 7) is 1.19. The molecule has 10 heteroatoms. The van der Waals surface area contributed by atoms with Gasteiger partial charge >= 0.3 is 0 Å². The Morgan fingerprint density at radius 1 is 0.613 bits per heavy atom. The summed E-state index contributed by atoms with van der Waals surface area (Å²) in [6.07, 6.45) is 2.99. The number of hydrogen-bond acceptors (Lipinski definition) is 2. The molecule has 0 aliphatic heterocycles. The molecular formula is C21H20Br8O2. The zero-order valence-corrected chi connectivity index (χ0v) is 28.9. The molecular weight excluding hydrogens is 923 g/mol.